The molecule has 0 aliphatic carbocycles. The minimum Gasteiger partial charge on any atom is -0.461 e. The lowest BCUT2D eigenvalue weighted by atomic mass is 9.99. The van der Waals surface area contributed by atoms with Gasteiger partial charge in [-0.1, -0.05) is 99.7 Å². The number of aliphatic hydroxyl groups excluding tert-OH is 3. The third kappa shape index (κ3) is 11.1. The molecule has 1 aliphatic heterocycles. The molecule has 1 saturated heterocycles. The van der Waals surface area contributed by atoms with E-state index in [0.717, 1.165) is 43.2 Å². The van der Waals surface area contributed by atoms with Gasteiger partial charge in [-0.15, -0.1) is 0 Å². The Kier molecular flexibility index (Phi) is 14.0. The van der Waals surface area contributed by atoms with Gasteiger partial charge in [-0.2, -0.15) is 0 Å². The highest BCUT2D eigenvalue weighted by Gasteiger charge is 2.45. The smallest absolute Gasteiger partial charge is 0.408 e. The van der Waals surface area contributed by atoms with Crippen LogP contribution in [0.3, 0.4) is 0 Å². The number of amides is 1. The van der Waals surface area contributed by atoms with Gasteiger partial charge in [0.05, 0.1) is 0 Å². The maximum absolute atomic E-state index is 13.1. The quantitative estimate of drug-likeness (QED) is 0.176. The van der Waals surface area contributed by atoms with E-state index in [4.69, 9.17) is 18.9 Å². The number of nitrogens with one attached hydrogen (secondary N) is 1. The minimum atomic E-state index is -1.55. The molecule has 2 aromatic rings. The zero-order valence-electron chi connectivity index (χ0n) is 23.6. The molecule has 10 heteroatoms. The van der Waals surface area contributed by atoms with Gasteiger partial charge in [-0.05, 0) is 17.5 Å². The fourth-order valence-electron chi connectivity index (χ4n) is 4.49. The topological polar surface area (TPSA) is 144 Å². The summed E-state index contributed by atoms with van der Waals surface area (Å²) in [4.78, 5) is 25.6. The summed E-state index contributed by atoms with van der Waals surface area (Å²) in [5, 5.41) is 33.7. The van der Waals surface area contributed by atoms with Gasteiger partial charge in [0.2, 0.25) is 0 Å². The first-order valence-electron chi connectivity index (χ1n) is 14.4. The van der Waals surface area contributed by atoms with Crippen LogP contribution in [-0.2, 0) is 36.8 Å². The van der Waals surface area contributed by atoms with Crippen LogP contribution in [0.5, 0.6) is 0 Å². The highest BCUT2D eigenvalue weighted by molar-refractivity contribution is 5.81. The third-order valence-corrected chi connectivity index (χ3v) is 6.91. The number of aliphatic hydroxyl groups is 3. The van der Waals surface area contributed by atoms with Crippen LogP contribution in [0.25, 0.3) is 0 Å². The van der Waals surface area contributed by atoms with Crippen LogP contribution in [0.1, 0.15) is 56.6 Å². The van der Waals surface area contributed by atoms with Crippen LogP contribution in [0.2, 0.25) is 0 Å². The van der Waals surface area contributed by atoms with E-state index in [0.29, 0.717) is 6.61 Å². The molecule has 41 heavy (non-hydrogen) atoms. The van der Waals surface area contributed by atoms with E-state index >= 15 is 0 Å². The van der Waals surface area contributed by atoms with Crippen LogP contribution >= 0.6 is 0 Å². The van der Waals surface area contributed by atoms with Gasteiger partial charge in [-0.25, -0.2) is 9.59 Å². The van der Waals surface area contributed by atoms with E-state index in [-0.39, 0.29) is 13.0 Å². The Labute approximate surface area is 241 Å². The van der Waals surface area contributed by atoms with Crippen LogP contribution in [0, 0.1) is 0 Å². The van der Waals surface area contributed by atoms with Gasteiger partial charge in [0.15, 0.2) is 6.29 Å². The molecule has 0 aromatic heterocycles. The zero-order chi connectivity index (χ0) is 29.5. The van der Waals surface area contributed by atoms with Crippen LogP contribution in [-0.4, -0.2) is 77.3 Å². The van der Waals surface area contributed by atoms with Crippen molar-refractivity contribution in [3.63, 3.8) is 0 Å². The average molecular weight is 574 g/mol. The predicted molar refractivity (Wildman–Crippen MR) is 151 cm³/mol. The van der Waals surface area contributed by atoms with Crippen LogP contribution in [0.4, 0.5) is 4.79 Å². The van der Waals surface area contributed by atoms with Crippen molar-refractivity contribution in [3.8, 4) is 0 Å². The fourth-order valence-corrected chi connectivity index (χ4v) is 4.49. The number of hydrogen-bond acceptors (Lipinski definition) is 9. The summed E-state index contributed by atoms with van der Waals surface area (Å²) < 4.78 is 22.0. The normalized spacial score (nSPS) is 23.0. The van der Waals surface area contributed by atoms with Gasteiger partial charge >= 0.3 is 12.1 Å². The molecular weight excluding hydrogens is 530 g/mol. The summed E-state index contributed by atoms with van der Waals surface area (Å²) in [6.45, 7) is 2.08. The Balaban J connectivity index is 1.54. The standard InChI is InChI=1S/C31H43NO9/c1-2-3-4-5-6-13-18-38-30-28(35)27(34)26(33)25(41-30)21-39-29(36)24(19-22-14-9-7-10-15-22)32-31(37)40-20-23-16-11-8-12-17-23/h7-12,14-17,24-28,30,33-35H,2-6,13,18-21H2,1H3,(H,32,37)/t24-,25-,26-,27+,28-,30-/m1/s1. The van der Waals surface area contributed by atoms with Gasteiger partial charge < -0.3 is 39.6 Å². The van der Waals surface area contributed by atoms with E-state index in [1.54, 1.807) is 0 Å². The van der Waals surface area contributed by atoms with E-state index in [1.807, 2.05) is 60.7 Å². The molecule has 10 nitrogen and oxygen atoms in total. The highest BCUT2D eigenvalue weighted by Crippen LogP contribution is 2.23. The van der Waals surface area contributed by atoms with Gasteiger partial charge in [0.1, 0.15) is 43.7 Å². The Bertz CT molecular complexity index is 1020. The first-order valence-corrected chi connectivity index (χ1v) is 14.4. The molecule has 0 spiro atoms. The highest BCUT2D eigenvalue weighted by atomic mass is 16.7. The lowest BCUT2D eigenvalue weighted by molar-refractivity contribution is -0.301. The summed E-state index contributed by atoms with van der Waals surface area (Å²) in [5.41, 5.74) is 1.58. The lowest BCUT2D eigenvalue weighted by Gasteiger charge is -2.40. The van der Waals surface area contributed by atoms with Crippen molar-refractivity contribution in [2.24, 2.45) is 0 Å². The molecule has 3 rings (SSSR count). The SMILES string of the molecule is CCCCCCCCO[C@@H]1O[C@H](COC(=O)[C@@H](Cc2ccccc2)NC(=O)OCc2ccccc2)[C@@H](O)[C@H](O)[C@H]1O. The Morgan fingerprint density at radius 2 is 1.46 bits per heavy atom. The third-order valence-electron chi connectivity index (χ3n) is 6.91. The fraction of sp³-hybridized carbons (Fsp3) is 0.548. The Morgan fingerprint density at radius 1 is 0.829 bits per heavy atom. The number of hydrogen-bond donors (Lipinski definition) is 4. The summed E-state index contributed by atoms with van der Waals surface area (Å²) in [6.07, 6.45) is -1.17. The second-order valence-electron chi connectivity index (χ2n) is 10.2. The first-order chi connectivity index (χ1) is 19.9. The molecule has 0 saturated carbocycles. The first kappa shape index (κ1) is 32.5. The molecule has 6 atom stereocenters. The van der Waals surface area contributed by atoms with Crippen molar-refractivity contribution in [1.82, 2.24) is 5.32 Å². The predicted octanol–water partition coefficient (Wildman–Crippen LogP) is 3.25. The average Bonchev–Trinajstić information content (AvgIpc) is 2.99. The number of benzene rings is 2. The van der Waals surface area contributed by atoms with Crippen molar-refractivity contribution in [2.45, 2.75) is 95.2 Å². The molecule has 1 amide bonds. The molecule has 4 N–H and O–H groups in total. The van der Waals surface area contributed by atoms with Gasteiger partial charge in [-0.3, -0.25) is 0 Å². The molecule has 1 fully saturated rings. The maximum Gasteiger partial charge on any atom is 0.408 e. The number of unbranched alkanes of at least 4 members (excludes halogenated alkanes) is 5. The van der Waals surface area contributed by atoms with Crippen molar-refractivity contribution < 1.29 is 43.9 Å². The lowest BCUT2D eigenvalue weighted by Crippen LogP contribution is -2.59. The van der Waals surface area contributed by atoms with E-state index in [2.05, 4.69) is 12.2 Å². The van der Waals surface area contributed by atoms with Crippen LogP contribution in [0.15, 0.2) is 60.7 Å². The van der Waals surface area contributed by atoms with Crippen LogP contribution < -0.4 is 5.32 Å². The molecule has 0 bridgehead atoms. The number of rotatable bonds is 16. The summed E-state index contributed by atoms with van der Waals surface area (Å²) in [7, 11) is 0. The summed E-state index contributed by atoms with van der Waals surface area (Å²) in [5.74, 6) is -0.772. The number of alkyl carbamates (subject to hydrolysis) is 1. The van der Waals surface area contributed by atoms with Gasteiger partial charge in [0.25, 0.3) is 0 Å². The molecule has 0 unspecified atom stereocenters. The van der Waals surface area contributed by atoms with Crippen molar-refractivity contribution >= 4 is 12.1 Å². The van der Waals surface area contributed by atoms with Crippen molar-refractivity contribution in [1.29, 1.82) is 0 Å². The zero-order valence-corrected chi connectivity index (χ0v) is 23.6. The minimum absolute atomic E-state index is 0.0300. The maximum atomic E-state index is 13.1. The summed E-state index contributed by atoms with van der Waals surface area (Å²) >= 11 is 0. The van der Waals surface area contributed by atoms with Gasteiger partial charge in [0, 0.05) is 13.0 Å². The van der Waals surface area contributed by atoms with E-state index in [9.17, 15) is 24.9 Å². The molecule has 2 aromatic carbocycles. The summed E-state index contributed by atoms with van der Waals surface area (Å²) in [6, 6.07) is 17.1. The Hall–Kier alpha value is -3.02. The van der Waals surface area contributed by atoms with Crippen molar-refractivity contribution in [3.05, 3.63) is 71.8 Å². The monoisotopic (exact) mass is 573 g/mol. The number of carbonyl (C=O) groups excluding carboxylic acids is 2. The molecule has 226 valence electrons. The molecular formula is C31H43NO9. The second-order valence-corrected chi connectivity index (χ2v) is 10.2. The molecule has 0 radical (unpaired) electrons. The molecule has 1 heterocycles. The van der Waals surface area contributed by atoms with E-state index < -0.39 is 55.4 Å². The molecule has 1 aliphatic rings. The number of carbonyl (C=O) groups is 2. The Morgan fingerprint density at radius 3 is 2.15 bits per heavy atom. The number of ether oxygens (including phenoxy) is 4. The largest absolute Gasteiger partial charge is 0.461 e. The van der Waals surface area contributed by atoms with Crippen molar-refractivity contribution in [2.75, 3.05) is 13.2 Å². The second kappa shape index (κ2) is 17.7. The number of esters is 1. The van der Waals surface area contributed by atoms with E-state index in [1.165, 1.54) is 6.42 Å².